The van der Waals surface area contributed by atoms with Crippen molar-refractivity contribution in [3.63, 3.8) is 0 Å². The first kappa shape index (κ1) is 26.0. The van der Waals surface area contributed by atoms with Gasteiger partial charge in [-0.2, -0.15) is 0 Å². The normalized spacial score (nSPS) is 28.7. The van der Waals surface area contributed by atoms with Gasteiger partial charge in [0, 0.05) is 24.0 Å². The Bertz CT molecular complexity index is 1310. The predicted octanol–water partition coefficient (Wildman–Crippen LogP) is 3.37. The molecule has 3 aliphatic rings. The maximum atomic E-state index is 14.9. The van der Waals surface area contributed by atoms with Gasteiger partial charge in [-0.05, 0) is 50.6 Å². The number of halogens is 1. The minimum atomic E-state index is -1.46. The highest BCUT2D eigenvalue weighted by molar-refractivity contribution is 6.00. The van der Waals surface area contributed by atoms with Gasteiger partial charge in [-0.1, -0.05) is 13.0 Å². The van der Waals surface area contributed by atoms with Crippen molar-refractivity contribution in [2.24, 2.45) is 10.7 Å². The minimum absolute atomic E-state index is 0.101. The van der Waals surface area contributed by atoms with Crippen molar-refractivity contribution in [2.75, 3.05) is 13.2 Å². The lowest BCUT2D eigenvalue weighted by Crippen LogP contribution is -2.52. The summed E-state index contributed by atoms with van der Waals surface area (Å²) in [5.41, 5.74) is 5.31. The van der Waals surface area contributed by atoms with Crippen molar-refractivity contribution in [1.82, 2.24) is 10.2 Å². The molecule has 2 amide bonds. The molecule has 0 spiro atoms. The summed E-state index contributed by atoms with van der Waals surface area (Å²) in [7, 11) is 0. The maximum Gasteiger partial charge on any atom is 0.251 e. The number of carbonyl (C=O) groups excluding carboxylic acids is 2. The van der Waals surface area contributed by atoms with E-state index in [1.165, 1.54) is 17.0 Å². The number of nitrogens with zero attached hydrogens (tertiary/aromatic N) is 2. The number of fused-ring (bicyclic) bond motifs is 2. The zero-order valence-electron chi connectivity index (χ0n) is 21.8. The highest BCUT2D eigenvalue weighted by Gasteiger charge is 2.42. The highest BCUT2D eigenvalue weighted by Crippen LogP contribution is 2.41. The average molecular weight is 525 g/mol. The number of hydrogen-bond donors (Lipinski definition) is 3. The van der Waals surface area contributed by atoms with Gasteiger partial charge in [0.25, 0.3) is 5.91 Å². The van der Waals surface area contributed by atoms with Gasteiger partial charge in [-0.15, -0.1) is 0 Å². The number of ether oxygens (including phenoxy) is 2. The number of nitrogens with two attached hydrogens (primary N) is 1. The monoisotopic (exact) mass is 524 g/mol. The zero-order chi connectivity index (χ0) is 27.2. The van der Waals surface area contributed by atoms with Crippen LogP contribution < -0.4 is 20.5 Å². The molecule has 10 heteroatoms. The fraction of sp³-hybridized carbons (Fsp3) is 0.464. The number of aliphatic imine (C=N–C) groups is 1. The van der Waals surface area contributed by atoms with Crippen LogP contribution in [0.15, 0.2) is 41.4 Å². The molecule has 4 N–H and O–H groups in total. The SMILES string of the molecule is CC[C@]1(C)CC(=O)N([C@@H]2CCOc3ccc(C(=O)NC4c5c(F)cccc5OCC[C@@]4(C)O)cc32)C(N)=N1. The Morgan fingerprint density at radius 2 is 2.00 bits per heavy atom. The number of carbonyl (C=O) groups is 2. The van der Waals surface area contributed by atoms with Crippen molar-refractivity contribution >= 4 is 17.8 Å². The third-order valence-corrected chi connectivity index (χ3v) is 7.85. The number of amides is 2. The van der Waals surface area contributed by atoms with Gasteiger partial charge in [0.05, 0.1) is 48.4 Å². The smallest absolute Gasteiger partial charge is 0.251 e. The molecule has 0 fully saturated rings. The van der Waals surface area contributed by atoms with Gasteiger partial charge >= 0.3 is 0 Å². The Morgan fingerprint density at radius 1 is 1.24 bits per heavy atom. The molecule has 38 heavy (non-hydrogen) atoms. The third-order valence-electron chi connectivity index (χ3n) is 7.85. The van der Waals surface area contributed by atoms with Crippen LogP contribution in [-0.4, -0.2) is 52.1 Å². The van der Waals surface area contributed by atoms with Gasteiger partial charge in [0.15, 0.2) is 5.96 Å². The maximum absolute atomic E-state index is 14.9. The molecule has 0 aromatic heterocycles. The summed E-state index contributed by atoms with van der Waals surface area (Å²) in [5.74, 6) is -0.232. The number of nitrogens with one attached hydrogen (secondary N) is 1. The van der Waals surface area contributed by atoms with E-state index in [9.17, 15) is 19.1 Å². The van der Waals surface area contributed by atoms with Crippen LogP contribution in [0.1, 0.15) is 80.0 Å². The minimum Gasteiger partial charge on any atom is -0.493 e. The van der Waals surface area contributed by atoms with E-state index in [0.717, 1.165) is 0 Å². The largest absolute Gasteiger partial charge is 0.493 e. The molecule has 3 heterocycles. The van der Waals surface area contributed by atoms with Gasteiger partial charge in [-0.25, -0.2) is 9.38 Å². The lowest BCUT2D eigenvalue weighted by atomic mass is 9.87. The van der Waals surface area contributed by atoms with E-state index < -0.39 is 34.9 Å². The van der Waals surface area contributed by atoms with E-state index in [2.05, 4.69) is 10.3 Å². The number of benzene rings is 2. The van der Waals surface area contributed by atoms with E-state index in [1.54, 1.807) is 31.2 Å². The van der Waals surface area contributed by atoms with Crippen LogP contribution in [0.5, 0.6) is 11.5 Å². The standard InChI is InChI=1S/C28H33FN4O5/c1-4-27(2)15-22(34)33(26(30)32-27)19-10-12-37-20-9-8-16(14-17(19)20)25(35)31-24-23-18(29)6-5-7-21(23)38-13-11-28(24,3)36/h5-9,14,19,24,36H,4,10-13,15H2,1-3H3,(H2,30,32)(H,31,35)/t19-,24?,27-,28-/m1/s1. The van der Waals surface area contributed by atoms with E-state index in [-0.39, 0.29) is 48.2 Å². The lowest BCUT2D eigenvalue weighted by molar-refractivity contribution is -0.131. The van der Waals surface area contributed by atoms with E-state index in [4.69, 9.17) is 15.2 Å². The number of aliphatic hydroxyl groups is 1. The zero-order valence-corrected chi connectivity index (χ0v) is 21.8. The van der Waals surface area contributed by atoms with Crippen LogP contribution in [-0.2, 0) is 4.79 Å². The van der Waals surface area contributed by atoms with E-state index in [0.29, 0.717) is 30.8 Å². The molecule has 9 nitrogen and oxygen atoms in total. The van der Waals surface area contributed by atoms with Crippen molar-refractivity contribution in [1.29, 1.82) is 0 Å². The molecule has 0 bridgehead atoms. The summed E-state index contributed by atoms with van der Waals surface area (Å²) in [6.07, 6.45) is 1.59. The molecule has 1 unspecified atom stereocenters. The summed E-state index contributed by atoms with van der Waals surface area (Å²) >= 11 is 0. The predicted molar refractivity (Wildman–Crippen MR) is 138 cm³/mol. The summed E-state index contributed by atoms with van der Waals surface area (Å²) in [4.78, 5) is 32.8. The molecule has 2 aromatic carbocycles. The van der Waals surface area contributed by atoms with Crippen LogP contribution >= 0.6 is 0 Å². The van der Waals surface area contributed by atoms with Crippen molar-refractivity contribution in [2.45, 2.75) is 69.7 Å². The lowest BCUT2D eigenvalue weighted by Gasteiger charge is -2.40. The Kier molecular flexibility index (Phi) is 6.54. The van der Waals surface area contributed by atoms with Gasteiger partial charge in [0.2, 0.25) is 5.91 Å². The van der Waals surface area contributed by atoms with Crippen LogP contribution in [0.2, 0.25) is 0 Å². The van der Waals surface area contributed by atoms with Crippen LogP contribution in [0, 0.1) is 5.82 Å². The molecular formula is C28H33FN4O5. The molecule has 4 atom stereocenters. The van der Waals surface area contributed by atoms with Gasteiger partial charge in [0.1, 0.15) is 17.3 Å². The third kappa shape index (κ3) is 4.57. The molecule has 0 saturated carbocycles. The first-order chi connectivity index (χ1) is 18.0. The molecule has 5 rings (SSSR count). The van der Waals surface area contributed by atoms with E-state index >= 15 is 0 Å². The summed E-state index contributed by atoms with van der Waals surface area (Å²) < 4.78 is 26.4. The molecule has 3 aliphatic heterocycles. The summed E-state index contributed by atoms with van der Waals surface area (Å²) in [6, 6.07) is 7.86. The molecule has 0 aliphatic carbocycles. The highest BCUT2D eigenvalue weighted by atomic mass is 19.1. The molecular weight excluding hydrogens is 491 g/mol. The first-order valence-corrected chi connectivity index (χ1v) is 12.9. The van der Waals surface area contributed by atoms with Crippen molar-refractivity contribution in [3.8, 4) is 11.5 Å². The second-order valence-corrected chi connectivity index (χ2v) is 10.7. The van der Waals surface area contributed by atoms with Crippen LogP contribution in [0.3, 0.4) is 0 Å². The molecule has 202 valence electrons. The topological polar surface area (TPSA) is 126 Å². The van der Waals surface area contributed by atoms with Crippen LogP contribution in [0.4, 0.5) is 4.39 Å². The quantitative estimate of drug-likeness (QED) is 0.563. The van der Waals surface area contributed by atoms with Crippen molar-refractivity contribution < 1.29 is 28.6 Å². The van der Waals surface area contributed by atoms with Crippen LogP contribution in [0.25, 0.3) is 0 Å². The molecule has 2 aromatic rings. The first-order valence-electron chi connectivity index (χ1n) is 12.9. The Balaban J connectivity index is 1.48. The average Bonchev–Trinajstić information content (AvgIpc) is 2.99. The Morgan fingerprint density at radius 3 is 2.74 bits per heavy atom. The Labute approximate surface area is 220 Å². The van der Waals surface area contributed by atoms with Gasteiger partial charge < -0.3 is 25.6 Å². The van der Waals surface area contributed by atoms with E-state index in [1.807, 2.05) is 13.8 Å². The second kappa shape index (κ2) is 9.58. The second-order valence-electron chi connectivity index (χ2n) is 10.7. The van der Waals surface area contributed by atoms with Gasteiger partial charge in [-0.3, -0.25) is 14.5 Å². The molecule has 0 radical (unpaired) electrons. The fourth-order valence-electron chi connectivity index (χ4n) is 5.42. The number of rotatable bonds is 4. The number of guanidine groups is 1. The summed E-state index contributed by atoms with van der Waals surface area (Å²) in [6.45, 7) is 5.98. The summed E-state index contributed by atoms with van der Waals surface area (Å²) in [5, 5.41) is 14.0. The fourth-order valence-corrected chi connectivity index (χ4v) is 5.42. The number of hydrogen-bond acceptors (Lipinski definition) is 7. The van der Waals surface area contributed by atoms with Crippen molar-refractivity contribution in [3.05, 3.63) is 58.9 Å². The Hall–Kier alpha value is -3.66. The molecule has 0 saturated heterocycles.